The lowest BCUT2D eigenvalue weighted by Crippen LogP contribution is -2.65. The maximum absolute atomic E-state index is 10.7. The highest BCUT2D eigenvalue weighted by molar-refractivity contribution is 4.94. The molecule has 3 heteroatoms. The summed E-state index contributed by atoms with van der Waals surface area (Å²) < 4.78 is 0. The molecule has 0 aromatic rings. The van der Waals surface area contributed by atoms with Gasteiger partial charge >= 0.3 is 0 Å². The van der Waals surface area contributed by atoms with Gasteiger partial charge in [-0.3, -0.25) is 9.80 Å². The summed E-state index contributed by atoms with van der Waals surface area (Å²) in [5, 5.41) is 10.7. The zero-order valence-corrected chi connectivity index (χ0v) is 10.9. The molecule has 2 bridgehead atoms. The first-order valence-corrected chi connectivity index (χ1v) is 7.49. The molecule has 1 N–H and O–H groups in total. The predicted molar refractivity (Wildman–Crippen MR) is 69.0 cm³/mol. The first-order chi connectivity index (χ1) is 8.34. The average Bonchev–Trinajstić information content (AvgIpc) is 2.68. The van der Waals surface area contributed by atoms with Gasteiger partial charge in [-0.1, -0.05) is 25.7 Å². The van der Waals surface area contributed by atoms with E-state index in [1.165, 1.54) is 64.7 Å². The number of hydrogen-bond acceptors (Lipinski definition) is 3. The number of nitrogens with zero attached hydrogens (tertiary/aromatic N) is 2. The molecule has 3 saturated heterocycles. The molecule has 3 heterocycles. The summed E-state index contributed by atoms with van der Waals surface area (Å²) >= 11 is 0. The van der Waals surface area contributed by atoms with Gasteiger partial charge in [-0.05, 0) is 18.8 Å². The SMILES string of the molecule is OC(C1CCCCCC1)C1CN2CCN1CC2. The van der Waals surface area contributed by atoms with Gasteiger partial charge in [0.15, 0.2) is 0 Å². The van der Waals surface area contributed by atoms with Gasteiger partial charge in [-0.15, -0.1) is 0 Å². The van der Waals surface area contributed by atoms with E-state index in [4.69, 9.17) is 0 Å². The Balaban J connectivity index is 1.62. The highest BCUT2D eigenvalue weighted by atomic mass is 16.3. The van der Waals surface area contributed by atoms with Crippen LogP contribution in [0, 0.1) is 5.92 Å². The highest BCUT2D eigenvalue weighted by Crippen LogP contribution is 2.30. The van der Waals surface area contributed by atoms with Crippen molar-refractivity contribution in [2.45, 2.75) is 50.7 Å². The second-order valence-corrected chi connectivity index (χ2v) is 6.15. The minimum Gasteiger partial charge on any atom is -0.391 e. The largest absolute Gasteiger partial charge is 0.391 e. The molecule has 1 saturated carbocycles. The summed E-state index contributed by atoms with van der Waals surface area (Å²) in [5.41, 5.74) is 0. The van der Waals surface area contributed by atoms with E-state index in [1.54, 1.807) is 0 Å². The van der Waals surface area contributed by atoms with Crippen molar-refractivity contribution < 1.29 is 5.11 Å². The van der Waals surface area contributed by atoms with Crippen molar-refractivity contribution in [3.63, 3.8) is 0 Å². The lowest BCUT2D eigenvalue weighted by atomic mass is 9.87. The molecule has 4 rings (SSSR count). The van der Waals surface area contributed by atoms with Crippen LogP contribution in [0.25, 0.3) is 0 Å². The molecule has 0 spiro atoms. The summed E-state index contributed by atoms with van der Waals surface area (Å²) in [7, 11) is 0. The van der Waals surface area contributed by atoms with Crippen LogP contribution in [0.4, 0.5) is 0 Å². The number of rotatable bonds is 2. The van der Waals surface area contributed by atoms with Gasteiger partial charge < -0.3 is 5.11 Å². The molecule has 0 radical (unpaired) electrons. The van der Waals surface area contributed by atoms with Crippen LogP contribution in [-0.4, -0.2) is 59.8 Å². The van der Waals surface area contributed by atoms with E-state index in [0.29, 0.717) is 12.0 Å². The van der Waals surface area contributed by atoms with Crippen LogP contribution in [0.3, 0.4) is 0 Å². The molecule has 0 aromatic heterocycles. The Morgan fingerprint density at radius 3 is 2.06 bits per heavy atom. The Morgan fingerprint density at radius 2 is 1.53 bits per heavy atom. The first-order valence-electron chi connectivity index (χ1n) is 7.49. The Bertz CT molecular complexity index is 243. The lowest BCUT2D eigenvalue weighted by Gasteiger charge is -2.50. The molecule has 3 aliphatic heterocycles. The third-order valence-corrected chi connectivity index (χ3v) is 5.10. The zero-order chi connectivity index (χ0) is 11.7. The van der Waals surface area contributed by atoms with Crippen molar-refractivity contribution in [2.75, 3.05) is 32.7 Å². The van der Waals surface area contributed by atoms with Crippen LogP contribution >= 0.6 is 0 Å². The second kappa shape index (κ2) is 5.25. The number of piperazine rings is 3. The standard InChI is InChI=1S/C14H26N2O/c17-14(12-5-3-1-2-4-6-12)13-11-15-7-9-16(13)10-8-15/h12-14,17H,1-11H2. The molecule has 2 atom stereocenters. The van der Waals surface area contributed by atoms with Crippen LogP contribution in [-0.2, 0) is 0 Å². The third kappa shape index (κ3) is 2.51. The Morgan fingerprint density at radius 1 is 0.882 bits per heavy atom. The third-order valence-electron chi connectivity index (χ3n) is 5.10. The minimum atomic E-state index is -0.0730. The summed E-state index contributed by atoms with van der Waals surface area (Å²) in [6, 6.07) is 0.431. The summed E-state index contributed by atoms with van der Waals surface area (Å²) in [6.07, 6.45) is 7.86. The van der Waals surface area contributed by atoms with Gasteiger partial charge in [-0.25, -0.2) is 0 Å². The van der Waals surface area contributed by atoms with Gasteiger partial charge in [-0.2, -0.15) is 0 Å². The quantitative estimate of drug-likeness (QED) is 0.735. The zero-order valence-electron chi connectivity index (χ0n) is 10.9. The van der Waals surface area contributed by atoms with E-state index in [-0.39, 0.29) is 6.10 Å². The molecule has 17 heavy (non-hydrogen) atoms. The number of fused-ring (bicyclic) bond motifs is 3. The molecule has 0 amide bonds. The maximum Gasteiger partial charge on any atom is 0.0735 e. The molecule has 1 aliphatic carbocycles. The van der Waals surface area contributed by atoms with E-state index >= 15 is 0 Å². The van der Waals surface area contributed by atoms with Crippen LogP contribution in [0.1, 0.15) is 38.5 Å². The monoisotopic (exact) mass is 238 g/mol. The summed E-state index contributed by atoms with van der Waals surface area (Å²) in [6.45, 7) is 5.89. The van der Waals surface area contributed by atoms with E-state index in [2.05, 4.69) is 9.80 Å². The topological polar surface area (TPSA) is 26.7 Å². The molecule has 3 nitrogen and oxygen atoms in total. The van der Waals surface area contributed by atoms with E-state index in [1.807, 2.05) is 0 Å². The van der Waals surface area contributed by atoms with Crippen molar-refractivity contribution in [1.82, 2.24) is 9.80 Å². The number of aliphatic hydroxyl groups is 1. The van der Waals surface area contributed by atoms with Gasteiger partial charge in [0.1, 0.15) is 0 Å². The lowest BCUT2D eigenvalue weighted by molar-refractivity contribution is -0.0670. The van der Waals surface area contributed by atoms with Gasteiger partial charge in [0.25, 0.3) is 0 Å². The van der Waals surface area contributed by atoms with Crippen molar-refractivity contribution in [3.8, 4) is 0 Å². The second-order valence-electron chi connectivity index (χ2n) is 6.15. The van der Waals surface area contributed by atoms with Crippen molar-refractivity contribution in [1.29, 1.82) is 0 Å². The van der Waals surface area contributed by atoms with Crippen molar-refractivity contribution in [2.24, 2.45) is 5.92 Å². The molecule has 4 aliphatic rings. The Hall–Kier alpha value is -0.120. The van der Waals surface area contributed by atoms with Gasteiger partial charge in [0, 0.05) is 38.8 Å². The van der Waals surface area contributed by atoms with Gasteiger partial charge in [0.2, 0.25) is 0 Å². The normalized spacial score (nSPS) is 41.1. The van der Waals surface area contributed by atoms with Crippen molar-refractivity contribution >= 4 is 0 Å². The molecule has 2 unspecified atom stereocenters. The fourth-order valence-corrected chi connectivity index (χ4v) is 3.95. The molecular formula is C14H26N2O. The van der Waals surface area contributed by atoms with E-state index < -0.39 is 0 Å². The fraction of sp³-hybridized carbons (Fsp3) is 1.00. The van der Waals surface area contributed by atoms with Crippen LogP contribution < -0.4 is 0 Å². The summed E-state index contributed by atoms with van der Waals surface area (Å²) in [4.78, 5) is 5.07. The first kappa shape index (κ1) is 11.9. The van der Waals surface area contributed by atoms with Crippen LogP contribution in [0.2, 0.25) is 0 Å². The fourth-order valence-electron chi connectivity index (χ4n) is 3.95. The average molecular weight is 238 g/mol. The molecule has 0 aromatic carbocycles. The van der Waals surface area contributed by atoms with Crippen molar-refractivity contribution in [3.05, 3.63) is 0 Å². The smallest absolute Gasteiger partial charge is 0.0735 e. The summed E-state index contributed by atoms with van der Waals surface area (Å²) in [5.74, 6) is 0.572. The molecule has 4 fully saturated rings. The van der Waals surface area contributed by atoms with Crippen LogP contribution in [0.5, 0.6) is 0 Å². The molecule has 98 valence electrons. The van der Waals surface area contributed by atoms with E-state index in [9.17, 15) is 5.11 Å². The highest BCUT2D eigenvalue weighted by Gasteiger charge is 2.38. The van der Waals surface area contributed by atoms with Gasteiger partial charge in [0.05, 0.1) is 6.10 Å². The molecular weight excluding hydrogens is 212 g/mol. The predicted octanol–water partition coefficient (Wildman–Crippen LogP) is 1.32. The Kier molecular flexibility index (Phi) is 3.69. The minimum absolute atomic E-state index is 0.0730. The number of hydrogen-bond donors (Lipinski definition) is 1. The number of aliphatic hydroxyl groups excluding tert-OH is 1. The Labute approximate surface area is 105 Å². The maximum atomic E-state index is 10.7. The van der Waals surface area contributed by atoms with Crippen LogP contribution in [0.15, 0.2) is 0 Å². The van der Waals surface area contributed by atoms with E-state index in [0.717, 1.165) is 6.54 Å².